The first-order chi connectivity index (χ1) is 9.16. The molecule has 0 aliphatic heterocycles. The van der Waals surface area contributed by atoms with Crippen molar-refractivity contribution in [1.29, 1.82) is 0 Å². The Balaban J connectivity index is 2.29. The third-order valence-electron chi connectivity index (χ3n) is 2.87. The number of hydrogen-bond acceptors (Lipinski definition) is 3. The molecular weight excluding hydrogens is 247 g/mol. The Morgan fingerprint density at radius 2 is 1.89 bits per heavy atom. The Hall–Kier alpha value is -2.69. The zero-order valence-corrected chi connectivity index (χ0v) is 9.75. The lowest BCUT2D eigenvalue weighted by Gasteiger charge is -2.05. The Morgan fingerprint density at radius 3 is 2.63 bits per heavy atom. The maximum absolute atomic E-state index is 12.9. The second kappa shape index (κ2) is 4.20. The molecule has 94 valence electrons. The predicted octanol–water partition coefficient (Wildman–Crippen LogP) is 2.21. The summed E-state index contributed by atoms with van der Waals surface area (Å²) in [6.07, 6.45) is 2.90. The molecule has 2 heterocycles. The molecule has 2 aromatic heterocycles. The highest BCUT2D eigenvalue weighted by atomic mass is 19.1. The summed E-state index contributed by atoms with van der Waals surface area (Å²) >= 11 is 0. The molecule has 0 aliphatic rings. The van der Waals surface area contributed by atoms with Crippen molar-refractivity contribution in [3.63, 3.8) is 0 Å². The van der Waals surface area contributed by atoms with Gasteiger partial charge in [-0.3, -0.25) is 9.20 Å². The van der Waals surface area contributed by atoms with Crippen molar-refractivity contribution in [2.75, 3.05) is 0 Å². The molecule has 0 unspecified atom stereocenters. The van der Waals surface area contributed by atoms with Crippen molar-refractivity contribution in [3.05, 3.63) is 65.0 Å². The first-order valence-electron chi connectivity index (χ1n) is 5.62. The highest BCUT2D eigenvalue weighted by Crippen LogP contribution is 2.18. The van der Waals surface area contributed by atoms with Gasteiger partial charge in [0.1, 0.15) is 5.82 Å². The summed E-state index contributed by atoms with van der Waals surface area (Å²) in [6.45, 7) is 0. The van der Waals surface area contributed by atoms with Crippen LogP contribution in [0, 0.1) is 5.82 Å². The zero-order chi connectivity index (χ0) is 13.4. The van der Waals surface area contributed by atoms with Gasteiger partial charge in [0.25, 0.3) is 5.56 Å². The van der Waals surface area contributed by atoms with Gasteiger partial charge in [-0.1, -0.05) is 12.1 Å². The fraction of sp³-hybridized carbons (Fsp3) is 0. The van der Waals surface area contributed by atoms with Gasteiger partial charge in [0.05, 0.1) is 5.56 Å². The number of hydrogen-bond donors (Lipinski definition) is 1. The van der Waals surface area contributed by atoms with E-state index in [1.54, 1.807) is 6.07 Å². The largest absolute Gasteiger partial charge is 0.504 e. The minimum Gasteiger partial charge on any atom is -0.504 e. The molecule has 0 atom stereocenters. The number of benzene rings is 1. The molecule has 19 heavy (non-hydrogen) atoms. The maximum atomic E-state index is 12.9. The molecule has 0 aliphatic carbocycles. The van der Waals surface area contributed by atoms with Gasteiger partial charge in [-0.25, -0.2) is 9.37 Å². The van der Waals surface area contributed by atoms with E-state index in [1.807, 2.05) is 0 Å². The number of halogens is 1. The Kier molecular flexibility index (Phi) is 2.52. The van der Waals surface area contributed by atoms with Crippen LogP contribution in [-0.4, -0.2) is 14.5 Å². The van der Waals surface area contributed by atoms with E-state index in [0.717, 1.165) is 0 Å². The molecule has 0 bridgehead atoms. The van der Waals surface area contributed by atoms with Crippen LogP contribution in [0.3, 0.4) is 0 Å². The first kappa shape index (κ1) is 11.4. The summed E-state index contributed by atoms with van der Waals surface area (Å²) in [5.74, 6) is -0.430. The third kappa shape index (κ3) is 1.85. The molecule has 1 N–H and O–H groups in total. The van der Waals surface area contributed by atoms with E-state index in [0.29, 0.717) is 11.1 Å². The van der Waals surface area contributed by atoms with Crippen LogP contribution in [0.2, 0.25) is 0 Å². The monoisotopic (exact) mass is 256 g/mol. The molecule has 0 spiro atoms. The lowest BCUT2D eigenvalue weighted by atomic mass is 10.1. The third-order valence-corrected chi connectivity index (χ3v) is 2.87. The Labute approximate surface area is 107 Å². The molecular formula is C14H9FN2O2. The standard InChI is InChI=1S/C14H9FN2O2/c15-10-5-3-9(4-6-10)11-8-16-13-12(18)2-1-7-17(13)14(11)19/h1-8,18H. The average molecular weight is 256 g/mol. The van der Waals surface area contributed by atoms with Gasteiger partial charge in [-0.2, -0.15) is 0 Å². The molecule has 5 heteroatoms. The smallest absolute Gasteiger partial charge is 0.265 e. The summed E-state index contributed by atoms with van der Waals surface area (Å²) in [5, 5.41) is 9.62. The highest BCUT2D eigenvalue weighted by molar-refractivity contribution is 5.64. The van der Waals surface area contributed by atoms with Gasteiger partial charge >= 0.3 is 0 Å². The van der Waals surface area contributed by atoms with Crippen LogP contribution < -0.4 is 5.56 Å². The second-order valence-corrected chi connectivity index (χ2v) is 4.07. The van der Waals surface area contributed by atoms with Crippen molar-refractivity contribution < 1.29 is 9.50 Å². The lowest BCUT2D eigenvalue weighted by Crippen LogP contribution is -2.16. The van der Waals surface area contributed by atoms with Gasteiger partial charge in [0.15, 0.2) is 11.4 Å². The first-order valence-corrected chi connectivity index (χ1v) is 5.62. The molecule has 0 fully saturated rings. The number of aromatic nitrogens is 2. The SMILES string of the molecule is O=c1c(-c2ccc(F)cc2)cnc2c(O)cccn12. The number of nitrogens with zero attached hydrogens (tertiary/aromatic N) is 2. The predicted molar refractivity (Wildman–Crippen MR) is 68.5 cm³/mol. The fourth-order valence-electron chi connectivity index (χ4n) is 1.92. The van der Waals surface area contributed by atoms with Gasteiger partial charge < -0.3 is 5.11 Å². The topological polar surface area (TPSA) is 54.6 Å². The molecule has 0 saturated heterocycles. The van der Waals surface area contributed by atoms with Gasteiger partial charge in [0, 0.05) is 12.4 Å². The minimum absolute atomic E-state index is 0.0646. The normalized spacial score (nSPS) is 10.8. The van der Waals surface area contributed by atoms with Crippen LogP contribution >= 0.6 is 0 Å². The lowest BCUT2D eigenvalue weighted by molar-refractivity contribution is 0.477. The highest BCUT2D eigenvalue weighted by Gasteiger charge is 2.09. The second-order valence-electron chi connectivity index (χ2n) is 4.07. The summed E-state index contributed by atoms with van der Waals surface area (Å²) in [4.78, 5) is 16.3. The van der Waals surface area contributed by atoms with Crippen molar-refractivity contribution in [2.45, 2.75) is 0 Å². The van der Waals surface area contributed by atoms with E-state index in [-0.39, 0.29) is 22.8 Å². The van der Waals surface area contributed by atoms with E-state index < -0.39 is 0 Å². The quantitative estimate of drug-likeness (QED) is 0.726. The van der Waals surface area contributed by atoms with E-state index in [2.05, 4.69) is 4.98 Å². The van der Waals surface area contributed by atoms with E-state index >= 15 is 0 Å². The van der Waals surface area contributed by atoms with E-state index in [9.17, 15) is 14.3 Å². The number of rotatable bonds is 1. The number of pyridine rings is 1. The molecule has 0 radical (unpaired) electrons. The summed E-state index contributed by atoms with van der Waals surface area (Å²) in [6, 6.07) is 8.61. The molecule has 3 aromatic rings. The maximum Gasteiger partial charge on any atom is 0.265 e. The van der Waals surface area contributed by atoms with E-state index in [4.69, 9.17) is 0 Å². The van der Waals surface area contributed by atoms with Crippen LogP contribution in [0.15, 0.2) is 53.6 Å². The van der Waals surface area contributed by atoms with Gasteiger partial charge in [-0.05, 0) is 29.8 Å². The van der Waals surface area contributed by atoms with Crippen molar-refractivity contribution in [1.82, 2.24) is 9.38 Å². The fourth-order valence-corrected chi connectivity index (χ4v) is 1.92. The van der Waals surface area contributed by atoms with Crippen LogP contribution in [0.1, 0.15) is 0 Å². The van der Waals surface area contributed by atoms with E-state index in [1.165, 1.54) is 47.1 Å². The van der Waals surface area contributed by atoms with Crippen molar-refractivity contribution in [2.24, 2.45) is 0 Å². The van der Waals surface area contributed by atoms with Crippen molar-refractivity contribution in [3.8, 4) is 16.9 Å². The zero-order valence-electron chi connectivity index (χ0n) is 9.75. The molecule has 0 saturated carbocycles. The van der Waals surface area contributed by atoms with Crippen LogP contribution in [0.4, 0.5) is 4.39 Å². The van der Waals surface area contributed by atoms with Crippen molar-refractivity contribution >= 4 is 5.65 Å². The molecule has 3 rings (SSSR count). The van der Waals surface area contributed by atoms with Gasteiger partial charge in [0.2, 0.25) is 0 Å². The van der Waals surface area contributed by atoms with Crippen LogP contribution in [0.25, 0.3) is 16.8 Å². The minimum atomic E-state index is -0.366. The Morgan fingerprint density at radius 1 is 1.16 bits per heavy atom. The van der Waals surface area contributed by atoms with Crippen LogP contribution in [0.5, 0.6) is 5.75 Å². The molecule has 1 aromatic carbocycles. The average Bonchev–Trinajstić information content (AvgIpc) is 2.42. The molecule has 0 amide bonds. The Bertz CT molecular complexity index is 810. The molecule has 4 nitrogen and oxygen atoms in total. The van der Waals surface area contributed by atoms with Gasteiger partial charge in [-0.15, -0.1) is 0 Å². The summed E-state index contributed by atoms with van der Waals surface area (Å²) in [5.41, 5.74) is 0.811. The van der Waals surface area contributed by atoms with Crippen LogP contribution in [-0.2, 0) is 0 Å². The summed E-state index contributed by atoms with van der Waals surface area (Å²) in [7, 11) is 0. The number of aromatic hydroxyl groups is 1. The number of fused-ring (bicyclic) bond motifs is 1. The summed E-state index contributed by atoms with van der Waals surface area (Å²) < 4.78 is 14.1.